The van der Waals surface area contributed by atoms with E-state index in [1.807, 2.05) is 25.6 Å². The van der Waals surface area contributed by atoms with Crippen molar-refractivity contribution in [2.45, 2.75) is 82.5 Å². The van der Waals surface area contributed by atoms with E-state index in [4.69, 9.17) is 23.7 Å². The van der Waals surface area contributed by atoms with Crippen molar-refractivity contribution in [3.63, 3.8) is 0 Å². The summed E-state index contributed by atoms with van der Waals surface area (Å²) in [6.07, 6.45) is 7.13. The molecule has 6 amide bonds. The van der Waals surface area contributed by atoms with Gasteiger partial charge in [-0.05, 0) is 75.4 Å². The Morgan fingerprint density at radius 3 is 2.15 bits per heavy atom. The Morgan fingerprint density at radius 2 is 1.42 bits per heavy atom. The monoisotopic (exact) mass is 1030 g/mol. The van der Waals surface area contributed by atoms with Gasteiger partial charge in [-0.15, -0.1) is 0 Å². The van der Waals surface area contributed by atoms with E-state index in [0.717, 1.165) is 43.8 Å². The summed E-state index contributed by atoms with van der Waals surface area (Å²) < 4.78 is 56.1. The first-order valence-electron chi connectivity index (χ1n) is 24.3. The Labute approximate surface area is 424 Å². The second-order valence-electron chi connectivity index (χ2n) is 16.2. The van der Waals surface area contributed by atoms with Gasteiger partial charge in [0, 0.05) is 86.2 Å². The number of hydrogen-bond acceptors (Lipinski definition) is 15. The third-order valence-corrected chi connectivity index (χ3v) is 12.0. The maximum absolute atomic E-state index is 14.7. The van der Waals surface area contributed by atoms with Gasteiger partial charge in [0.15, 0.2) is 23.2 Å². The van der Waals surface area contributed by atoms with Gasteiger partial charge in [0.1, 0.15) is 6.61 Å². The minimum atomic E-state index is -0.724. The van der Waals surface area contributed by atoms with Gasteiger partial charge >= 0.3 is 6.03 Å². The number of halogens is 2. The van der Waals surface area contributed by atoms with Crippen molar-refractivity contribution in [2.75, 3.05) is 101 Å². The molecule has 0 saturated carbocycles. The summed E-state index contributed by atoms with van der Waals surface area (Å²) in [7, 11) is 0. The van der Waals surface area contributed by atoms with Crippen LogP contribution in [0.2, 0.25) is 0 Å². The molecule has 2 aromatic carbocycles. The number of carbonyl (C=O) groups excluding carboxylic acids is 5. The summed E-state index contributed by atoms with van der Waals surface area (Å²) in [6, 6.07) is 11.2. The number of urea groups is 1. The number of thioether (sulfide) groups is 1. The zero-order chi connectivity index (χ0) is 51.8. The molecule has 3 aromatic rings. The molecule has 3 atom stereocenters. The number of ether oxygens (including phenoxy) is 5. The van der Waals surface area contributed by atoms with E-state index >= 15 is 0 Å². The van der Waals surface area contributed by atoms with E-state index in [0.29, 0.717) is 87.8 Å². The molecule has 23 heteroatoms. The molecule has 8 N–H and O–H groups in total. The quantitative estimate of drug-likeness (QED) is 0.0210. The number of hydrogen-bond donors (Lipinski definition) is 8. The molecule has 0 radical (unpaired) electrons. The highest BCUT2D eigenvalue weighted by atomic mass is 32.2. The molecule has 2 aliphatic heterocycles. The molecule has 1 aromatic heterocycles. The average molecular weight is 1030 g/mol. The molecular formula is C49H70F2N10O10S. The van der Waals surface area contributed by atoms with E-state index in [2.05, 4.69) is 59.1 Å². The van der Waals surface area contributed by atoms with Crippen LogP contribution in [0.1, 0.15) is 65.2 Å². The van der Waals surface area contributed by atoms with Gasteiger partial charge in [0.2, 0.25) is 29.6 Å². The predicted molar refractivity (Wildman–Crippen MR) is 272 cm³/mol. The smallest absolute Gasteiger partial charge is 0.315 e. The maximum Gasteiger partial charge on any atom is 0.315 e. The van der Waals surface area contributed by atoms with Crippen molar-refractivity contribution >= 4 is 70.3 Å². The third-order valence-electron chi connectivity index (χ3n) is 10.5. The van der Waals surface area contributed by atoms with Crippen LogP contribution in [-0.2, 0) is 38.1 Å². The van der Waals surface area contributed by atoms with Crippen molar-refractivity contribution in [3.8, 4) is 5.75 Å². The summed E-state index contributed by atoms with van der Waals surface area (Å²) >= 11 is 1.90. The van der Waals surface area contributed by atoms with Gasteiger partial charge in [-0.25, -0.2) is 18.6 Å². The Balaban J connectivity index is 0.000000519. The van der Waals surface area contributed by atoms with Gasteiger partial charge in [-0.3, -0.25) is 19.2 Å². The first-order valence-corrected chi connectivity index (χ1v) is 25.3. The lowest BCUT2D eigenvalue weighted by Crippen LogP contribution is -2.37. The number of aromatic nitrogens is 2. The number of fused-ring (bicyclic) bond motifs is 1. The number of carbonyl (C=O) groups is 5. The molecule has 72 heavy (non-hydrogen) atoms. The van der Waals surface area contributed by atoms with Gasteiger partial charge in [-0.1, -0.05) is 19.6 Å². The normalized spacial score (nSPS) is 15.4. The molecule has 3 heterocycles. The van der Waals surface area contributed by atoms with Crippen LogP contribution >= 0.6 is 11.8 Å². The largest absolute Gasteiger partial charge is 0.488 e. The average Bonchev–Trinajstić information content (AvgIpc) is 3.93. The van der Waals surface area contributed by atoms with Gasteiger partial charge < -0.3 is 66.2 Å². The maximum atomic E-state index is 14.7. The zero-order valence-corrected chi connectivity index (χ0v) is 41.9. The lowest BCUT2D eigenvalue weighted by atomic mass is 10.0. The second kappa shape index (κ2) is 34.3. The van der Waals surface area contributed by atoms with E-state index in [-0.39, 0.29) is 92.6 Å². The number of nitrogens with one attached hydrogen (secondary N) is 8. The fraction of sp³-hybridized carbons (Fsp3) is 0.531. The first-order chi connectivity index (χ1) is 35.0. The van der Waals surface area contributed by atoms with Crippen molar-refractivity contribution in [1.29, 1.82) is 0 Å². The Hall–Kier alpha value is -6.14. The van der Waals surface area contributed by atoms with Gasteiger partial charge in [0.05, 0.1) is 57.9 Å². The first kappa shape index (κ1) is 58.4. The van der Waals surface area contributed by atoms with Crippen LogP contribution in [0.15, 0.2) is 61.3 Å². The Bertz CT molecular complexity index is 2170. The number of nitrogens with zero attached hydrogens (tertiary/aromatic N) is 2. The summed E-state index contributed by atoms with van der Waals surface area (Å²) in [5.41, 5.74) is 1.22. The number of rotatable bonds is 34. The Morgan fingerprint density at radius 1 is 0.750 bits per heavy atom. The van der Waals surface area contributed by atoms with Crippen molar-refractivity contribution in [3.05, 3.63) is 73.0 Å². The van der Waals surface area contributed by atoms with Crippen molar-refractivity contribution < 1.29 is 56.4 Å². The standard InChI is InChI=1S/C37H49F2N7O8.C12H21N3O2S/c1-3-33(47)43-27-8-5-9-28(24-27)44-36-31(39)26-42-37(46-36)45-29-12-13-32(30(38)25-29)54-23-22-52-17-15-41-35(49)11-6-10-34(48)40-14-7-16-51-20-21-53-19-18-50-4-2;1-2-6-13-10(16)5-3-4-9-11-8(7-18-9)14-12(17)15-11/h3,5,8-9,12-13,24-26H,1,4,6-7,10-11,14-23H2,2H3,(H,40,48)(H,41,49)(H,43,47)(H2,42,44,45,46);8-9,11H,2-7H2,1H3,(H,13,16)(H2,14,15,17)/t;8-,9-,11-/m.1/s1. The SMILES string of the molecule is C=CC(=O)Nc1cccc(Nc2nc(Nc3ccc(OCCOCCNC(=O)CCCC(=O)NCCCOCCOCCOCC)c(F)c3)ncc2F)c1.CCCNC(=O)CCC[C@H]1SC[C@H]2NC(=O)N[C@H]21. The summed E-state index contributed by atoms with van der Waals surface area (Å²) in [5.74, 6) is -1.08. The number of anilines is 5. The predicted octanol–water partition coefficient (Wildman–Crippen LogP) is 5.47. The van der Waals surface area contributed by atoms with Crippen LogP contribution in [-0.4, -0.2) is 142 Å². The molecule has 0 aliphatic carbocycles. The molecule has 0 spiro atoms. The molecule has 20 nitrogen and oxygen atoms in total. The fourth-order valence-corrected chi connectivity index (χ4v) is 8.50. The Kier molecular flexibility index (Phi) is 27.8. The highest BCUT2D eigenvalue weighted by Crippen LogP contribution is 2.33. The van der Waals surface area contributed by atoms with Crippen LogP contribution in [0.3, 0.4) is 0 Å². The van der Waals surface area contributed by atoms with E-state index in [1.165, 1.54) is 12.1 Å². The minimum Gasteiger partial charge on any atom is -0.488 e. The van der Waals surface area contributed by atoms with Crippen LogP contribution in [0, 0.1) is 11.6 Å². The topological polar surface area (TPSA) is 254 Å². The number of benzene rings is 2. The highest BCUT2D eigenvalue weighted by Gasteiger charge is 2.42. The number of amides is 6. The fourth-order valence-electron chi connectivity index (χ4n) is 6.95. The lowest BCUT2D eigenvalue weighted by Gasteiger charge is -2.16. The minimum absolute atomic E-state index is 0.00419. The van der Waals surface area contributed by atoms with E-state index < -0.39 is 17.5 Å². The zero-order valence-electron chi connectivity index (χ0n) is 41.1. The molecule has 0 bridgehead atoms. The molecule has 2 saturated heterocycles. The van der Waals surface area contributed by atoms with Crippen molar-refractivity contribution in [2.24, 2.45) is 0 Å². The van der Waals surface area contributed by atoms with Crippen LogP contribution in [0.4, 0.5) is 42.4 Å². The second-order valence-corrected chi connectivity index (χ2v) is 17.5. The molecule has 2 aliphatic rings. The molecule has 396 valence electrons. The summed E-state index contributed by atoms with van der Waals surface area (Å²) in [6.45, 7) is 12.7. The lowest BCUT2D eigenvalue weighted by molar-refractivity contribution is -0.123. The van der Waals surface area contributed by atoms with Gasteiger partial charge in [-0.2, -0.15) is 16.7 Å². The van der Waals surface area contributed by atoms with E-state index in [1.54, 1.807) is 30.3 Å². The molecule has 2 fully saturated rings. The highest BCUT2D eigenvalue weighted by molar-refractivity contribution is 8.00. The van der Waals surface area contributed by atoms with Crippen LogP contribution in [0.5, 0.6) is 5.75 Å². The summed E-state index contributed by atoms with van der Waals surface area (Å²) in [5, 5.41) is 23.0. The molecular weight excluding hydrogens is 959 g/mol. The van der Waals surface area contributed by atoms with E-state index in [9.17, 15) is 32.8 Å². The molecule has 0 unspecified atom stereocenters. The van der Waals surface area contributed by atoms with Crippen LogP contribution < -0.4 is 47.3 Å². The van der Waals surface area contributed by atoms with Crippen LogP contribution in [0.25, 0.3) is 0 Å². The third kappa shape index (κ3) is 23.4. The van der Waals surface area contributed by atoms with Crippen molar-refractivity contribution in [1.82, 2.24) is 36.6 Å². The summed E-state index contributed by atoms with van der Waals surface area (Å²) in [4.78, 5) is 66.3. The van der Waals surface area contributed by atoms with Gasteiger partial charge in [0.25, 0.3) is 0 Å². The molecule has 5 rings (SSSR count).